The third-order valence-electron chi connectivity index (χ3n) is 5.88. The molecule has 1 heterocycles. The monoisotopic (exact) mass is 593 g/mol. The summed E-state index contributed by atoms with van der Waals surface area (Å²) in [6, 6.07) is 7.21. The predicted octanol–water partition coefficient (Wildman–Crippen LogP) is 5.64. The zero-order valence-corrected chi connectivity index (χ0v) is 20.6. The molecule has 218 valence electrons. The van der Waals surface area contributed by atoms with Gasteiger partial charge in [-0.05, 0) is 17.7 Å². The second kappa shape index (κ2) is 10.7. The Kier molecular flexibility index (Phi) is 8.06. The van der Waals surface area contributed by atoms with Crippen molar-refractivity contribution in [1.29, 1.82) is 5.26 Å². The van der Waals surface area contributed by atoms with Crippen molar-refractivity contribution in [2.45, 2.75) is 24.4 Å². The summed E-state index contributed by atoms with van der Waals surface area (Å²) in [5.74, 6) is -6.09. The summed E-state index contributed by atoms with van der Waals surface area (Å²) in [6.45, 7) is 0. The summed E-state index contributed by atoms with van der Waals surface area (Å²) in [5.41, 5.74) is -6.59. The molecule has 0 saturated carbocycles. The average molecular weight is 593 g/mol. The van der Waals surface area contributed by atoms with Crippen molar-refractivity contribution in [3.63, 3.8) is 0 Å². The van der Waals surface area contributed by atoms with E-state index in [2.05, 4.69) is 9.47 Å². The molecule has 0 aliphatic carbocycles. The molecule has 16 heteroatoms. The number of nitriles is 1. The number of carbonyl (C=O) groups excluding carboxylic acids is 2. The van der Waals surface area contributed by atoms with Gasteiger partial charge in [0.2, 0.25) is 0 Å². The van der Waals surface area contributed by atoms with E-state index in [1.54, 1.807) is 0 Å². The van der Waals surface area contributed by atoms with Gasteiger partial charge in [0.1, 0.15) is 11.5 Å². The quantitative estimate of drug-likeness (QED) is 0.361. The van der Waals surface area contributed by atoms with Gasteiger partial charge in [0, 0.05) is 0 Å². The van der Waals surface area contributed by atoms with Gasteiger partial charge in [-0.25, -0.2) is 9.59 Å². The number of nitrogens with two attached hydrogens (primary N) is 1. The lowest BCUT2D eigenvalue weighted by Gasteiger charge is -2.38. The minimum absolute atomic E-state index is 0.0352. The van der Waals surface area contributed by atoms with Crippen molar-refractivity contribution in [2.75, 3.05) is 19.1 Å². The fourth-order valence-corrected chi connectivity index (χ4v) is 4.22. The highest BCUT2D eigenvalue weighted by Crippen LogP contribution is 2.52. The van der Waals surface area contributed by atoms with Gasteiger partial charge in [-0.15, -0.1) is 0 Å². The molecule has 2 N–H and O–H groups in total. The first-order valence-electron chi connectivity index (χ1n) is 10.9. The van der Waals surface area contributed by atoms with Crippen LogP contribution in [0.3, 0.4) is 0 Å². The number of ether oxygens (including phenoxy) is 2. The Morgan fingerprint density at radius 1 is 0.854 bits per heavy atom. The Bertz CT molecular complexity index is 1450. The number of hydrogen-bond donors (Lipinski definition) is 1. The summed E-state index contributed by atoms with van der Waals surface area (Å²) in [4.78, 5) is 25.8. The number of esters is 2. The number of hydrogen-bond acceptors (Lipinski definition) is 7. The van der Waals surface area contributed by atoms with E-state index in [1.807, 2.05) is 0 Å². The number of allylic oxidation sites excluding steroid dienone is 1. The van der Waals surface area contributed by atoms with Crippen molar-refractivity contribution in [3.8, 4) is 6.07 Å². The van der Waals surface area contributed by atoms with Crippen molar-refractivity contribution in [3.05, 3.63) is 87.4 Å². The van der Waals surface area contributed by atoms with Crippen LogP contribution in [0.1, 0.15) is 28.2 Å². The molecule has 0 aromatic heterocycles. The molecule has 0 spiro atoms. The highest BCUT2D eigenvalue weighted by atomic mass is 19.4. The summed E-state index contributed by atoms with van der Waals surface area (Å²) >= 11 is 0. The van der Waals surface area contributed by atoms with Crippen molar-refractivity contribution >= 4 is 17.6 Å². The lowest BCUT2D eigenvalue weighted by molar-refractivity contribution is -0.148. The molecule has 3 rings (SSSR count). The SMILES string of the molecule is COC(=O)C1=C(C(=O)OC)N(c2c(C(F)(F)F)cc(C(F)(F)F)cc2C(F)(F)F)C(N)=C(C#N)C1c1ccccc1. The maximum Gasteiger partial charge on any atom is 0.418 e. The number of halogens is 9. The smallest absolute Gasteiger partial charge is 0.418 e. The zero-order chi connectivity index (χ0) is 31.1. The molecule has 41 heavy (non-hydrogen) atoms. The zero-order valence-electron chi connectivity index (χ0n) is 20.6. The molecule has 1 unspecified atom stereocenters. The van der Waals surface area contributed by atoms with Gasteiger partial charge in [0.05, 0.1) is 59.7 Å². The van der Waals surface area contributed by atoms with Gasteiger partial charge in [0.15, 0.2) is 0 Å². The van der Waals surface area contributed by atoms with Crippen LogP contribution < -0.4 is 10.6 Å². The maximum atomic E-state index is 14.2. The van der Waals surface area contributed by atoms with Crippen molar-refractivity contribution in [1.82, 2.24) is 0 Å². The first-order valence-corrected chi connectivity index (χ1v) is 10.9. The number of anilines is 1. The lowest BCUT2D eigenvalue weighted by atomic mass is 9.80. The van der Waals surface area contributed by atoms with Gasteiger partial charge >= 0.3 is 30.5 Å². The van der Waals surface area contributed by atoms with E-state index in [9.17, 15) is 54.4 Å². The molecule has 0 fully saturated rings. The second-order valence-electron chi connectivity index (χ2n) is 8.25. The van der Waals surface area contributed by atoms with E-state index in [-0.39, 0.29) is 10.5 Å². The minimum atomic E-state index is -5.91. The molecule has 0 bridgehead atoms. The van der Waals surface area contributed by atoms with Crippen LogP contribution in [-0.4, -0.2) is 26.2 Å². The molecular formula is C25H16F9N3O4. The first kappa shape index (κ1) is 30.9. The minimum Gasteiger partial charge on any atom is -0.466 e. The summed E-state index contributed by atoms with van der Waals surface area (Å²) in [6.07, 6.45) is -17.5. The van der Waals surface area contributed by atoms with E-state index in [4.69, 9.17) is 5.73 Å². The Labute approximate surface area is 224 Å². The number of carbonyl (C=O) groups is 2. The van der Waals surface area contributed by atoms with E-state index < -0.39 is 93.6 Å². The normalized spacial score (nSPS) is 16.4. The van der Waals surface area contributed by atoms with E-state index in [0.717, 1.165) is 7.11 Å². The molecule has 7 nitrogen and oxygen atoms in total. The van der Waals surface area contributed by atoms with E-state index >= 15 is 0 Å². The molecule has 0 saturated heterocycles. The summed E-state index contributed by atoms with van der Waals surface area (Å²) < 4.78 is 135. The van der Waals surface area contributed by atoms with Gasteiger partial charge in [0.25, 0.3) is 0 Å². The molecule has 0 amide bonds. The highest BCUT2D eigenvalue weighted by molar-refractivity contribution is 6.06. The Hall–Kier alpha value is -4.68. The molecule has 2 aromatic carbocycles. The predicted molar refractivity (Wildman–Crippen MR) is 121 cm³/mol. The van der Waals surface area contributed by atoms with Crippen LogP contribution in [-0.2, 0) is 37.6 Å². The van der Waals surface area contributed by atoms with Crippen molar-refractivity contribution < 1.29 is 58.6 Å². The Morgan fingerprint density at radius 3 is 1.73 bits per heavy atom. The molecule has 1 atom stereocenters. The molecule has 1 aliphatic rings. The van der Waals surface area contributed by atoms with Gasteiger partial charge in [-0.2, -0.15) is 44.8 Å². The lowest BCUT2D eigenvalue weighted by Crippen LogP contribution is -2.42. The molecular weight excluding hydrogens is 577 g/mol. The Balaban J connectivity index is 2.67. The third kappa shape index (κ3) is 5.65. The van der Waals surface area contributed by atoms with E-state index in [1.165, 1.54) is 36.4 Å². The van der Waals surface area contributed by atoms with Crippen LogP contribution in [0.4, 0.5) is 45.2 Å². The fourth-order valence-electron chi connectivity index (χ4n) is 4.22. The van der Waals surface area contributed by atoms with Crippen LogP contribution in [0.5, 0.6) is 0 Å². The number of nitrogens with zero attached hydrogens (tertiary/aromatic N) is 2. The van der Waals surface area contributed by atoms with Crippen LogP contribution >= 0.6 is 0 Å². The van der Waals surface area contributed by atoms with Crippen LogP contribution in [0.25, 0.3) is 0 Å². The van der Waals surface area contributed by atoms with Gasteiger partial charge in [-0.3, -0.25) is 4.90 Å². The third-order valence-corrected chi connectivity index (χ3v) is 5.88. The Morgan fingerprint density at radius 2 is 1.34 bits per heavy atom. The molecule has 1 aliphatic heterocycles. The second-order valence-corrected chi connectivity index (χ2v) is 8.25. The molecule has 0 radical (unpaired) electrons. The summed E-state index contributed by atoms with van der Waals surface area (Å²) in [7, 11) is 1.44. The van der Waals surface area contributed by atoms with E-state index in [0.29, 0.717) is 7.11 Å². The topological polar surface area (TPSA) is 106 Å². The summed E-state index contributed by atoms with van der Waals surface area (Å²) in [5, 5.41) is 9.92. The highest BCUT2D eigenvalue weighted by Gasteiger charge is 2.51. The van der Waals surface area contributed by atoms with Crippen molar-refractivity contribution in [2.24, 2.45) is 5.73 Å². The number of alkyl halides is 9. The van der Waals surface area contributed by atoms with Crippen LogP contribution in [0, 0.1) is 11.3 Å². The average Bonchev–Trinajstić information content (AvgIpc) is 2.89. The maximum absolute atomic E-state index is 14.2. The molecule has 2 aromatic rings. The first-order chi connectivity index (χ1) is 18.9. The number of methoxy groups -OCH3 is 2. The number of benzene rings is 2. The largest absolute Gasteiger partial charge is 0.466 e. The van der Waals surface area contributed by atoms with Crippen LogP contribution in [0.2, 0.25) is 0 Å². The van der Waals surface area contributed by atoms with Gasteiger partial charge < -0.3 is 15.2 Å². The van der Waals surface area contributed by atoms with Crippen LogP contribution in [0.15, 0.2) is 65.1 Å². The fraction of sp³-hybridized carbons (Fsp3) is 0.240. The van der Waals surface area contributed by atoms with Gasteiger partial charge in [-0.1, -0.05) is 30.3 Å². The number of rotatable bonds is 4. The standard InChI is InChI=1S/C25H16F9N3O4/c1-40-21(38)17-16(11-6-4-3-5-7-11)13(10-35)20(36)37(19(17)22(39)41-2)18-14(24(29,30)31)8-12(23(26,27)28)9-15(18)25(32,33)34/h3-9,16H,36H2,1-2H3.